The van der Waals surface area contributed by atoms with E-state index >= 15 is 0 Å². The second kappa shape index (κ2) is 7.75. The minimum absolute atomic E-state index is 0.0448. The van der Waals surface area contributed by atoms with Gasteiger partial charge in [-0.15, -0.1) is 0 Å². The fraction of sp³-hybridized carbons (Fsp3) is 0.300. The average Bonchev–Trinajstić information content (AvgIpc) is 2.77. The first-order valence-corrected chi connectivity index (χ1v) is 10.6. The summed E-state index contributed by atoms with van der Waals surface area (Å²) in [5, 5.41) is 5.43. The largest absolute Gasteiger partial charge is 0.490 e. The van der Waals surface area contributed by atoms with Crippen molar-refractivity contribution in [2.45, 2.75) is 32.1 Å². The Kier molecular flexibility index (Phi) is 5.52. The summed E-state index contributed by atoms with van der Waals surface area (Å²) >= 11 is 0. The zero-order valence-electron chi connectivity index (χ0n) is 16.4. The summed E-state index contributed by atoms with van der Waals surface area (Å²) in [6.45, 7) is 5.49. The molecule has 0 aliphatic carbocycles. The van der Waals surface area contributed by atoms with Gasteiger partial charge >= 0.3 is 0 Å². The Hall–Kier alpha value is -3.07. The van der Waals surface area contributed by atoms with E-state index in [0.717, 1.165) is 0 Å². The molecule has 154 valence electrons. The second-order valence-electron chi connectivity index (χ2n) is 7.37. The van der Waals surface area contributed by atoms with E-state index in [4.69, 9.17) is 4.74 Å². The zero-order valence-corrected chi connectivity index (χ0v) is 17.2. The molecule has 0 fully saturated rings. The van der Waals surface area contributed by atoms with Crippen molar-refractivity contribution < 1.29 is 22.7 Å². The lowest BCUT2D eigenvalue weighted by molar-refractivity contribution is -0.125. The van der Waals surface area contributed by atoms with Gasteiger partial charge in [-0.3, -0.25) is 14.3 Å². The SMILES string of the molecule is CCC(=O)Nc1ccc(S(=O)(=O)Nc2ccc3c(c2)NC(=O)C(C)(C)CO3)cc1. The monoisotopic (exact) mass is 417 g/mol. The number of ether oxygens (including phenoxy) is 1. The molecule has 0 saturated heterocycles. The molecule has 1 aliphatic heterocycles. The molecule has 1 aliphatic rings. The van der Waals surface area contributed by atoms with Crippen LogP contribution in [0.15, 0.2) is 47.4 Å². The first-order valence-electron chi connectivity index (χ1n) is 9.12. The zero-order chi connectivity index (χ0) is 21.2. The van der Waals surface area contributed by atoms with Gasteiger partial charge in [-0.2, -0.15) is 0 Å². The molecule has 0 radical (unpaired) electrons. The fourth-order valence-corrected chi connectivity index (χ4v) is 3.66. The molecule has 2 aromatic carbocycles. The minimum atomic E-state index is -3.85. The highest BCUT2D eigenvalue weighted by Gasteiger charge is 2.32. The standard InChI is InChI=1S/C20H23N3O5S/c1-4-18(24)21-13-5-8-15(9-6-13)29(26,27)23-14-7-10-17-16(11-14)22-19(25)20(2,3)12-28-17/h5-11,23H,4,12H2,1-3H3,(H,21,24)(H,22,25). The van der Waals surface area contributed by atoms with Crippen LogP contribution in [0.4, 0.5) is 17.1 Å². The average molecular weight is 417 g/mol. The molecule has 29 heavy (non-hydrogen) atoms. The van der Waals surface area contributed by atoms with Gasteiger partial charge in [-0.1, -0.05) is 6.92 Å². The number of carbonyl (C=O) groups excluding carboxylic acids is 2. The third-order valence-corrected chi connectivity index (χ3v) is 5.85. The highest BCUT2D eigenvalue weighted by atomic mass is 32.2. The van der Waals surface area contributed by atoms with Crippen LogP contribution in [0.5, 0.6) is 5.75 Å². The third kappa shape index (κ3) is 4.68. The molecule has 1 heterocycles. The molecule has 2 amide bonds. The molecule has 0 saturated carbocycles. The quantitative estimate of drug-likeness (QED) is 0.691. The van der Waals surface area contributed by atoms with E-state index < -0.39 is 15.4 Å². The van der Waals surface area contributed by atoms with E-state index in [1.807, 2.05) is 0 Å². The predicted octanol–water partition coefficient (Wildman–Crippen LogP) is 3.19. The summed E-state index contributed by atoms with van der Waals surface area (Å²) in [5.74, 6) is 0.111. The van der Waals surface area contributed by atoms with Gasteiger partial charge in [-0.25, -0.2) is 8.42 Å². The summed E-state index contributed by atoms with van der Waals surface area (Å²) in [6, 6.07) is 10.6. The number of carbonyl (C=O) groups is 2. The van der Waals surface area contributed by atoms with E-state index in [-0.39, 0.29) is 29.0 Å². The lowest BCUT2D eigenvalue weighted by Crippen LogP contribution is -2.33. The second-order valence-corrected chi connectivity index (χ2v) is 9.05. The number of nitrogens with one attached hydrogen (secondary N) is 3. The highest BCUT2D eigenvalue weighted by molar-refractivity contribution is 7.92. The van der Waals surface area contributed by atoms with Crippen molar-refractivity contribution in [1.82, 2.24) is 0 Å². The van der Waals surface area contributed by atoms with Gasteiger partial charge < -0.3 is 15.4 Å². The number of anilines is 3. The van der Waals surface area contributed by atoms with Crippen molar-refractivity contribution in [2.24, 2.45) is 5.41 Å². The van der Waals surface area contributed by atoms with Gasteiger partial charge in [0.05, 0.1) is 21.7 Å². The van der Waals surface area contributed by atoms with Crippen LogP contribution >= 0.6 is 0 Å². The van der Waals surface area contributed by atoms with E-state index in [9.17, 15) is 18.0 Å². The fourth-order valence-electron chi connectivity index (χ4n) is 2.61. The lowest BCUT2D eigenvalue weighted by atomic mass is 9.94. The van der Waals surface area contributed by atoms with E-state index in [1.165, 1.54) is 30.3 Å². The number of amides is 2. The summed E-state index contributed by atoms with van der Waals surface area (Å²) in [6.07, 6.45) is 0.331. The number of rotatable bonds is 5. The Labute approximate surface area is 169 Å². The van der Waals surface area contributed by atoms with Gasteiger partial charge in [-0.05, 0) is 56.3 Å². The van der Waals surface area contributed by atoms with Gasteiger partial charge in [0.25, 0.3) is 10.0 Å². The molecule has 0 aromatic heterocycles. The van der Waals surface area contributed by atoms with Crippen LogP contribution in [0.3, 0.4) is 0 Å². The lowest BCUT2D eigenvalue weighted by Gasteiger charge is -2.18. The van der Waals surface area contributed by atoms with Crippen LogP contribution in [-0.4, -0.2) is 26.8 Å². The maximum absolute atomic E-state index is 12.7. The van der Waals surface area contributed by atoms with Crippen molar-refractivity contribution in [3.63, 3.8) is 0 Å². The Morgan fingerprint density at radius 1 is 1.14 bits per heavy atom. The molecule has 2 aromatic rings. The highest BCUT2D eigenvalue weighted by Crippen LogP contribution is 2.34. The van der Waals surface area contributed by atoms with Gasteiger partial charge in [0, 0.05) is 12.1 Å². The molecular weight excluding hydrogens is 394 g/mol. The predicted molar refractivity (Wildman–Crippen MR) is 111 cm³/mol. The maximum Gasteiger partial charge on any atom is 0.261 e. The molecule has 3 rings (SSSR count). The van der Waals surface area contributed by atoms with E-state index in [0.29, 0.717) is 23.5 Å². The van der Waals surface area contributed by atoms with Crippen molar-refractivity contribution >= 4 is 38.9 Å². The molecule has 8 nitrogen and oxygen atoms in total. The minimum Gasteiger partial charge on any atom is -0.490 e. The van der Waals surface area contributed by atoms with Crippen LogP contribution in [0.1, 0.15) is 27.2 Å². The number of hydrogen-bond donors (Lipinski definition) is 3. The van der Waals surface area contributed by atoms with Crippen molar-refractivity contribution in [2.75, 3.05) is 22.0 Å². The van der Waals surface area contributed by atoms with Crippen molar-refractivity contribution in [3.05, 3.63) is 42.5 Å². The molecule has 3 N–H and O–H groups in total. The molecule has 0 spiro atoms. The summed E-state index contributed by atoms with van der Waals surface area (Å²) in [4.78, 5) is 23.8. The molecule has 9 heteroatoms. The Bertz CT molecular complexity index is 1050. The smallest absolute Gasteiger partial charge is 0.261 e. The number of benzene rings is 2. The summed E-state index contributed by atoms with van der Waals surface area (Å²) in [5.41, 5.74) is 0.505. The molecule has 0 bridgehead atoms. The molecular formula is C20H23N3O5S. The first kappa shape index (κ1) is 20.7. The van der Waals surface area contributed by atoms with Gasteiger partial charge in [0.1, 0.15) is 12.4 Å². The van der Waals surface area contributed by atoms with Crippen LogP contribution in [0.25, 0.3) is 0 Å². The summed E-state index contributed by atoms with van der Waals surface area (Å²) < 4.78 is 33.5. The molecule has 0 atom stereocenters. The van der Waals surface area contributed by atoms with E-state index in [2.05, 4.69) is 15.4 Å². The van der Waals surface area contributed by atoms with Crippen LogP contribution in [0.2, 0.25) is 0 Å². The third-order valence-electron chi connectivity index (χ3n) is 4.45. The van der Waals surface area contributed by atoms with Crippen LogP contribution in [-0.2, 0) is 19.6 Å². The van der Waals surface area contributed by atoms with Crippen molar-refractivity contribution in [3.8, 4) is 5.75 Å². The Balaban J connectivity index is 1.79. The topological polar surface area (TPSA) is 114 Å². The first-order chi connectivity index (χ1) is 13.6. The van der Waals surface area contributed by atoms with Crippen LogP contribution < -0.4 is 20.1 Å². The normalized spacial score (nSPS) is 15.3. The van der Waals surface area contributed by atoms with Gasteiger partial charge in [0.15, 0.2) is 0 Å². The van der Waals surface area contributed by atoms with Crippen molar-refractivity contribution in [1.29, 1.82) is 0 Å². The number of hydrogen-bond acceptors (Lipinski definition) is 5. The van der Waals surface area contributed by atoms with Crippen LogP contribution in [0, 0.1) is 5.41 Å². The van der Waals surface area contributed by atoms with E-state index in [1.54, 1.807) is 32.9 Å². The van der Waals surface area contributed by atoms with Gasteiger partial charge in [0.2, 0.25) is 11.8 Å². The summed E-state index contributed by atoms with van der Waals surface area (Å²) in [7, 11) is -3.85. The number of fused-ring (bicyclic) bond motifs is 1. The molecule has 0 unspecified atom stereocenters. The Morgan fingerprint density at radius 3 is 2.45 bits per heavy atom. The Morgan fingerprint density at radius 2 is 1.79 bits per heavy atom. The maximum atomic E-state index is 12.7. The number of sulfonamides is 1.